The topological polar surface area (TPSA) is 57.1 Å². The van der Waals surface area contributed by atoms with Crippen molar-refractivity contribution in [1.82, 2.24) is 5.32 Å². The first kappa shape index (κ1) is 13.9. The van der Waals surface area contributed by atoms with E-state index in [0.29, 0.717) is 18.3 Å². The van der Waals surface area contributed by atoms with Gasteiger partial charge in [0, 0.05) is 6.54 Å². The summed E-state index contributed by atoms with van der Waals surface area (Å²) in [5.74, 6) is 0. The van der Waals surface area contributed by atoms with Crippen LogP contribution in [0.3, 0.4) is 0 Å². The van der Waals surface area contributed by atoms with Crippen LogP contribution in [-0.2, 0) is 4.74 Å². The van der Waals surface area contributed by atoms with Crippen LogP contribution in [-0.4, -0.2) is 32.3 Å². The zero-order chi connectivity index (χ0) is 13.5. The highest BCUT2D eigenvalue weighted by molar-refractivity contribution is 5.58. The molecule has 19 heavy (non-hydrogen) atoms. The summed E-state index contributed by atoms with van der Waals surface area (Å²) in [7, 11) is 0. The monoisotopic (exact) mass is 259 g/mol. The van der Waals surface area contributed by atoms with Crippen molar-refractivity contribution in [1.29, 1.82) is 5.26 Å². The van der Waals surface area contributed by atoms with Gasteiger partial charge in [-0.2, -0.15) is 5.26 Å². The van der Waals surface area contributed by atoms with E-state index in [1.54, 1.807) is 0 Å². The zero-order valence-electron chi connectivity index (χ0n) is 11.4. The second kappa shape index (κ2) is 7.13. The third kappa shape index (κ3) is 4.23. The maximum Gasteiger partial charge on any atom is 0.101 e. The molecular formula is C15H21N3O. The van der Waals surface area contributed by atoms with Gasteiger partial charge in [0.05, 0.1) is 24.0 Å². The number of nitrogens with one attached hydrogen (secondary N) is 2. The molecule has 1 aliphatic rings. The molecule has 1 saturated heterocycles. The van der Waals surface area contributed by atoms with Crippen LogP contribution < -0.4 is 10.6 Å². The van der Waals surface area contributed by atoms with Gasteiger partial charge in [0.2, 0.25) is 0 Å². The summed E-state index contributed by atoms with van der Waals surface area (Å²) >= 11 is 0. The summed E-state index contributed by atoms with van der Waals surface area (Å²) in [6.07, 6.45) is 2.57. The van der Waals surface area contributed by atoms with E-state index in [0.717, 1.165) is 43.7 Å². The van der Waals surface area contributed by atoms with Crippen LogP contribution in [0, 0.1) is 18.3 Å². The van der Waals surface area contributed by atoms with Crippen molar-refractivity contribution in [3.05, 3.63) is 29.3 Å². The SMILES string of the molecule is Cc1ccc(C#N)c(NCCOC2CCNCC2)c1. The number of hydrogen-bond acceptors (Lipinski definition) is 4. The molecule has 0 aromatic heterocycles. The Morgan fingerprint density at radius 1 is 1.42 bits per heavy atom. The Morgan fingerprint density at radius 2 is 2.21 bits per heavy atom. The minimum Gasteiger partial charge on any atom is -0.382 e. The summed E-state index contributed by atoms with van der Waals surface area (Å²) < 4.78 is 5.82. The smallest absolute Gasteiger partial charge is 0.101 e. The largest absolute Gasteiger partial charge is 0.382 e. The lowest BCUT2D eigenvalue weighted by molar-refractivity contribution is 0.0394. The summed E-state index contributed by atoms with van der Waals surface area (Å²) in [5.41, 5.74) is 2.74. The molecule has 1 aliphatic heterocycles. The highest BCUT2D eigenvalue weighted by Gasteiger charge is 2.12. The molecule has 0 unspecified atom stereocenters. The van der Waals surface area contributed by atoms with E-state index in [9.17, 15) is 0 Å². The van der Waals surface area contributed by atoms with E-state index >= 15 is 0 Å². The van der Waals surface area contributed by atoms with E-state index < -0.39 is 0 Å². The lowest BCUT2D eigenvalue weighted by Gasteiger charge is -2.23. The number of benzene rings is 1. The van der Waals surface area contributed by atoms with Crippen LogP contribution in [0.5, 0.6) is 0 Å². The molecule has 0 bridgehead atoms. The van der Waals surface area contributed by atoms with Gasteiger partial charge in [-0.3, -0.25) is 0 Å². The molecule has 1 heterocycles. The molecule has 4 heteroatoms. The van der Waals surface area contributed by atoms with Crippen molar-refractivity contribution in [2.24, 2.45) is 0 Å². The summed E-state index contributed by atoms with van der Waals surface area (Å²) in [5, 5.41) is 15.6. The van der Waals surface area contributed by atoms with Crippen LogP contribution in [0.1, 0.15) is 24.0 Å². The van der Waals surface area contributed by atoms with Crippen molar-refractivity contribution >= 4 is 5.69 Å². The van der Waals surface area contributed by atoms with Crippen molar-refractivity contribution < 1.29 is 4.74 Å². The maximum absolute atomic E-state index is 9.04. The Bertz CT molecular complexity index is 447. The second-order valence-corrected chi connectivity index (χ2v) is 4.91. The molecule has 0 aliphatic carbocycles. The standard InChI is InChI=1S/C15H21N3O/c1-12-2-3-13(11-16)15(10-12)18-8-9-19-14-4-6-17-7-5-14/h2-3,10,14,17-18H,4-9H2,1H3. The van der Waals surface area contributed by atoms with Crippen molar-refractivity contribution in [2.75, 3.05) is 31.6 Å². The number of piperidine rings is 1. The number of rotatable bonds is 5. The molecule has 0 saturated carbocycles. The Morgan fingerprint density at radius 3 is 2.95 bits per heavy atom. The van der Waals surface area contributed by atoms with E-state index in [-0.39, 0.29) is 0 Å². The molecule has 4 nitrogen and oxygen atoms in total. The van der Waals surface area contributed by atoms with E-state index in [4.69, 9.17) is 10.00 Å². The Hall–Kier alpha value is -1.57. The Kier molecular flexibility index (Phi) is 5.20. The number of aryl methyl sites for hydroxylation is 1. The van der Waals surface area contributed by atoms with Crippen LogP contribution >= 0.6 is 0 Å². The molecule has 2 rings (SSSR count). The molecule has 0 radical (unpaired) electrons. The quantitative estimate of drug-likeness (QED) is 0.795. The lowest BCUT2D eigenvalue weighted by atomic mass is 10.1. The van der Waals surface area contributed by atoms with E-state index in [1.165, 1.54) is 0 Å². The fraction of sp³-hybridized carbons (Fsp3) is 0.533. The third-order valence-electron chi connectivity index (χ3n) is 3.35. The number of nitriles is 1. The predicted molar refractivity (Wildman–Crippen MR) is 76.2 cm³/mol. The van der Waals surface area contributed by atoms with Gasteiger partial charge in [0.25, 0.3) is 0 Å². The highest BCUT2D eigenvalue weighted by atomic mass is 16.5. The fourth-order valence-electron chi connectivity index (χ4n) is 2.28. The maximum atomic E-state index is 9.04. The van der Waals surface area contributed by atoms with Gasteiger partial charge in [-0.1, -0.05) is 6.07 Å². The predicted octanol–water partition coefficient (Wildman–Crippen LogP) is 2.05. The highest BCUT2D eigenvalue weighted by Crippen LogP contribution is 2.16. The summed E-state index contributed by atoms with van der Waals surface area (Å²) in [6.45, 7) is 5.55. The number of nitrogens with zero attached hydrogens (tertiary/aromatic N) is 1. The van der Waals surface area contributed by atoms with E-state index in [2.05, 4.69) is 16.7 Å². The van der Waals surface area contributed by atoms with E-state index in [1.807, 2.05) is 25.1 Å². The third-order valence-corrected chi connectivity index (χ3v) is 3.35. The Balaban J connectivity index is 1.76. The molecule has 0 spiro atoms. The normalized spacial score (nSPS) is 16.0. The molecule has 1 aromatic carbocycles. The lowest BCUT2D eigenvalue weighted by Crippen LogP contribution is -2.33. The van der Waals surface area contributed by atoms with Crippen LogP contribution in [0.4, 0.5) is 5.69 Å². The molecule has 102 valence electrons. The molecule has 2 N–H and O–H groups in total. The van der Waals surface area contributed by atoms with Crippen molar-refractivity contribution in [3.8, 4) is 6.07 Å². The molecule has 0 amide bonds. The molecular weight excluding hydrogens is 238 g/mol. The van der Waals surface area contributed by atoms with Crippen LogP contribution in [0.25, 0.3) is 0 Å². The number of hydrogen-bond donors (Lipinski definition) is 2. The van der Waals surface area contributed by atoms with Crippen molar-refractivity contribution in [3.63, 3.8) is 0 Å². The van der Waals surface area contributed by atoms with Gasteiger partial charge >= 0.3 is 0 Å². The fourth-order valence-corrected chi connectivity index (χ4v) is 2.28. The average molecular weight is 259 g/mol. The molecule has 1 fully saturated rings. The van der Waals surface area contributed by atoms with Gasteiger partial charge in [-0.15, -0.1) is 0 Å². The zero-order valence-corrected chi connectivity index (χ0v) is 11.4. The first-order valence-electron chi connectivity index (χ1n) is 6.86. The minimum atomic E-state index is 0.385. The van der Waals surface area contributed by atoms with Gasteiger partial charge in [-0.25, -0.2) is 0 Å². The molecule has 1 aromatic rings. The number of ether oxygens (including phenoxy) is 1. The number of anilines is 1. The minimum absolute atomic E-state index is 0.385. The van der Waals surface area contributed by atoms with Gasteiger partial charge < -0.3 is 15.4 Å². The first-order chi connectivity index (χ1) is 9.29. The first-order valence-corrected chi connectivity index (χ1v) is 6.86. The second-order valence-electron chi connectivity index (χ2n) is 4.91. The van der Waals surface area contributed by atoms with Crippen LogP contribution in [0.15, 0.2) is 18.2 Å². The summed E-state index contributed by atoms with van der Waals surface area (Å²) in [6, 6.07) is 8.01. The van der Waals surface area contributed by atoms with Gasteiger partial charge in [0.15, 0.2) is 0 Å². The Labute approximate surface area is 114 Å². The van der Waals surface area contributed by atoms with Gasteiger partial charge in [-0.05, 0) is 50.6 Å². The van der Waals surface area contributed by atoms with Gasteiger partial charge in [0.1, 0.15) is 6.07 Å². The summed E-state index contributed by atoms with van der Waals surface area (Å²) in [4.78, 5) is 0. The van der Waals surface area contributed by atoms with Crippen LogP contribution in [0.2, 0.25) is 0 Å². The van der Waals surface area contributed by atoms with Crippen molar-refractivity contribution in [2.45, 2.75) is 25.9 Å². The average Bonchev–Trinajstić information content (AvgIpc) is 2.45. The molecule has 0 atom stereocenters.